The van der Waals surface area contributed by atoms with Gasteiger partial charge in [-0.3, -0.25) is 0 Å². The molecule has 1 aliphatic carbocycles. The van der Waals surface area contributed by atoms with Crippen LogP contribution in [0.2, 0.25) is 0 Å². The Kier molecular flexibility index (Phi) is 5.82. The number of hydrogen-bond acceptors (Lipinski definition) is 9. The Morgan fingerprint density at radius 3 is 2.57 bits per heavy atom. The Balaban J connectivity index is 1.58. The molecule has 4 aliphatic rings. The van der Waals surface area contributed by atoms with E-state index in [4.69, 9.17) is 18.9 Å². The maximum Gasteiger partial charge on any atom is 0.336 e. The zero-order chi connectivity index (χ0) is 21.8. The fraction of sp³-hybridized carbons (Fsp3) is 0.762. The zero-order valence-electron chi connectivity index (χ0n) is 17.3. The molecule has 4 rings (SSSR count). The predicted molar refractivity (Wildman–Crippen MR) is 102 cm³/mol. The number of rotatable bonds is 3. The van der Waals surface area contributed by atoms with Gasteiger partial charge in [0.25, 0.3) is 0 Å². The van der Waals surface area contributed by atoms with Crippen molar-refractivity contribution in [2.24, 2.45) is 11.8 Å². The number of carbonyl (C=O) groups is 1. The lowest BCUT2D eigenvalue weighted by molar-refractivity contribution is -0.332. The highest BCUT2D eigenvalue weighted by molar-refractivity contribution is 5.90. The molecule has 3 aliphatic heterocycles. The second-order valence-electron chi connectivity index (χ2n) is 8.89. The van der Waals surface area contributed by atoms with Crippen LogP contribution in [-0.4, -0.2) is 81.7 Å². The van der Waals surface area contributed by atoms with E-state index in [0.717, 1.165) is 12.0 Å². The lowest BCUT2D eigenvalue weighted by Gasteiger charge is -2.50. The Bertz CT molecular complexity index is 747. The highest BCUT2D eigenvalue weighted by Gasteiger charge is 2.54. The van der Waals surface area contributed by atoms with Crippen molar-refractivity contribution in [2.45, 2.75) is 82.3 Å². The smallest absolute Gasteiger partial charge is 0.336 e. The van der Waals surface area contributed by atoms with Crippen molar-refractivity contribution < 1.29 is 44.2 Å². The van der Waals surface area contributed by atoms with Crippen LogP contribution in [0, 0.1) is 11.8 Å². The molecule has 9 nitrogen and oxygen atoms in total. The molecular weight excluding hydrogens is 396 g/mol. The van der Waals surface area contributed by atoms with Crippen LogP contribution in [0.1, 0.15) is 33.6 Å². The molecule has 10 atom stereocenters. The number of ether oxygens (including phenoxy) is 4. The first-order valence-corrected chi connectivity index (χ1v) is 10.4. The Hall–Kier alpha value is -1.33. The molecule has 2 fully saturated rings. The van der Waals surface area contributed by atoms with Crippen LogP contribution in [0.4, 0.5) is 0 Å². The second kappa shape index (κ2) is 7.98. The summed E-state index contributed by atoms with van der Waals surface area (Å²) in [7, 11) is 0. The van der Waals surface area contributed by atoms with Crippen LogP contribution in [0.5, 0.6) is 0 Å². The molecule has 0 amide bonds. The van der Waals surface area contributed by atoms with Crippen molar-refractivity contribution in [1.29, 1.82) is 0 Å². The second-order valence-corrected chi connectivity index (χ2v) is 8.89. The van der Waals surface area contributed by atoms with Crippen molar-refractivity contribution in [3.63, 3.8) is 0 Å². The molecule has 0 radical (unpaired) electrons. The molecule has 0 aromatic carbocycles. The van der Waals surface area contributed by atoms with Crippen LogP contribution in [0.15, 0.2) is 23.3 Å². The maximum atomic E-state index is 12.0. The van der Waals surface area contributed by atoms with Crippen molar-refractivity contribution in [1.82, 2.24) is 0 Å². The number of allylic oxidation sites excluding steroid dienone is 1. The van der Waals surface area contributed by atoms with Crippen molar-refractivity contribution in [3.05, 3.63) is 23.3 Å². The maximum absolute atomic E-state index is 12.0. The normalized spacial score (nSPS) is 48.8. The molecule has 30 heavy (non-hydrogen) atoms. The van der Waals surface area contributed by atoms with Crippen LogP contribution in [-0.2, 0) is 23.7 Å². The highest BCUT2D eigenvalue weighted by Crippen LogP contribution is 2.47. The third-order valence-electron chi connectivity index (χ3n) is 6.71. The lowest BCUT2D eigenvalue weighted by Crippen LogP contribution is -2.61. The summed E-state index contributed by atoms with van der Waals surface area (Å²) in [5, 5.41) is 39.9. The molecule has 0 aromatic rings. The minimum absolute atomic E-state index is 0.0993. The van der Waals surface area contributed by atoms with Gasteiger partial charge < -0.3 is 39.4 Å². The monoisotopic (exact) mass is 426 g/mol. The van der Waals surface area contributed by atoms with E-state index < -0.39 is 61.3 Å². The van der Waals surface area contributed by atoms with Gasteiger partial charge in [0.1, 0.15) is 30.5 Å². The number of aliphatic hydroxyl groups excluding tert-OH is 4. The van der Waals surface area contributed by atoms with Gasteiger partial charge in [0.2, 0.25) is 5.79 Å². The Morgan fingerprint density at radius 2 is 1.93 bits per heavy atom. The van der Waals surface area contributed by atoms with Gasteiger partial charge in [0.05, 0.1) is 12.7 Å². The fourth-order valence-corrected chi connectivity index (χ4v) is 4.96. The lowest BCUT2D eigenvalue weighted by atomic mass is 9.73. The van der Waals surface area contributed by atoms with Gasteiger partial charge in [-0.2, -0.15) is 0 Å². The van der Waals surface area contributed by atoms with Gasteiger partial charge in [0.15, 0.2) is 6.29 Å². The van der Waals surface area contributed by atoms with Crippen LogP contribution in [0.25, 0.3) is 0 Å². The summed E-state index contributed by atoms with van der Waals surface area (Å²) in [5.74, 6) is -1.28. The van der Waals surface area contributed by atoms with Gasteiger partial charge in [-0.05, 0) is 43.8 Å². The van der Waals surface area contributed by atoms with Gasteiger partial charge >= 0.3 is 5.97 Å². The van der Waals surface area contributed by atoms with Gasteiger partial charge in [-0.1, -0.05) is 13.0 Å². The van der Waals surface area contributed by atoms with Crippen LogP contribution in [0.3, 0.4) is 0 Å². The molecule has 0 unspecified atom stereocenters. The quantitative estimate of drug-likeness (QED) is 0.356. The van der Waals surface area contributed by atoms with E-state index in [-0.39, 0.29) is 11.8 Å². The van der Waals surface area contributed by atoms with E-state index in [0.29, 0.717) is 12.0 Å². The van der Waals surface area contributed by atoms with Crippen molar-refractivity contribution in [3.8, 4) is 0 Å². The molecular formula is C21H30O9. The minimum atomic E-state index is -1.52. The van der Waals surface area contributed by atoms with Gasteiger partial charge in [-0.25, -0.2) is 4.79 Å². The number of aliphatic hydroxyl groups is 4. The van der Waals surface area contributed by atoms with E-state index in [1.54, 1.807) is 13.0 Å². The molecule has 0 aromatic heterocycles. The molecule has 1 spiro atoms. The van der Waals surface area contributed by atoms with Crippen molar-refractivity contribution >= 4 is 5.97 Å². The third kappa shape index (κ3) is 3.62. The summed E-state index contributed by atoms with van der Waals surface area (Å²) in [6.07, 6.45) is -2.84. The highest BCUT2D eigenvalue weighted by atomic mass is 16.7. The minimum Gasteiger partial charge on any atom is -0.426 e. The standard InChI is InChI=1S/C21H30O9/c1-9-4-5-12-10(2)6-21(7-11(3)19(26)30-21)29-18(12)17(9)28-20-16(25)15(24)14(23)13(8-22)27-20/h4,7,10,12-18,20,22-25H,5-6,8H2,1-3H3/t10-,12+,13+,14+,15-,16+,17+,18+,20-,21+/m0/s1. The SMILES string of the molecule is CC1=C[C@@]2(C[C@H](C)[C@H]3CC=C(C)[C@@H](O[C@@H]4O[C@H](CO)[C@@H](O)[C@H](O)[C@H]4O)[C@@H]3O2)OC1=O. The first-order chi connectivity index (χ1) is 14.2. The summed E-state index contributed by atoms with van der Waals surface area (Å²) in [4.78, 5) is 12.0. The van der Waals surface area contributed by atoms with Crippen LogP contribution >= 0.6 is 0 Å². The van der Waals surface area contributed by atoms with E-state index in [2.05, 4.69) is 13.0 Å². The van der Waals surface area contributed by atoms with E-state index >= 15 is 0 Å². The summed E-state index contributed by atoms with van der Waals surface area (Å²) in [6.45, 7) is 5.11. The first-order valence-electron chi connectivity index (χ1n) is 10.4. The van der Waals surface area contributed by atoms with Gasteiger partial charge in [-0.15, -0.1) is 0 Å². The molecule has 2 saturated heterocycles. The summed E-state index contributed by atoms with van der Waals surface area (Å²) < 4.78 is 23.5. The van der Waals surface area contributed by atoms with E-state index in [1.807, 2.05) is 6.92 Å². The van der Waals surface area contributed by atoms with E-state index in [9.17, 15) is 25.2 Å². The molecule has 3 heterocycles. The Labute approximate surface area is 174 Å². The van der Waals surface area contributed by atoms with E-state index in [1.165, 1.54) is 0 Å². The third-order valence-corrected chi connectivity index (χ3v) is 6.71. The zero-order valence-corrected chi connectivity index (χ0v) is 17.3. The van der Waals surface area contributed by atoms with Crippen LogP contribution < -0.4 is 0 Å². The topological polar surface area (TPSA) is 135 Å². The molecule has 4 N–H and O–H groups in total. The number of hydrogen-bond donors (Lipinski definition) is 4. The Morgan fingerprint density at radius 1 is 1.20 bits per heavy atom. The molecule has 9 heteroatoms. The first kappa shape index (κ1) is 21.9. The van der Waals surface area contributed by atoms with Crippen molar-refractivity contribution in [2.75, 3.05) is 6.61 Å². The number of fused-ring (bicyclic) bond motifs is 1. The summed E-state index contributed by atoms with van der Waals surface area (Å²) in [5.41, 5.74) is 1.36. The molecule has 0 saturated carbocycles. The molecule has 0 bridgehead atoms. The predicted octanol–water partition coefficient (Wildman–Crippen LogP) is -0.238. The van der Waals surface area contributed by atoms with Gasteiger partial charge in [0, 0.05) is 12.0 Å². The average molecular weight is 426 g/mol. The largest absolute Gasteiger partial charge is 0.426 e. The summed E-state index contributed by atoms with van der Waals surface area (Å²) >= 11 is 0. The number of esters is 1. The molecule has 168 valence electrons. The summed E-state index contributed by atoms with van der Waals surface area (Å²) in [6, 6.07) is 0. The average Bonchev–Trinajstić information content (AvgIpc) is 2.96. The fourth-order valence-electron chi connectivity index (χ4n) is 4.96. The number of carbonyl (C=O) groups excluding carboxylic acids is 1.